The first-order chi connectivity index (χ1) is 8.15. The van der Waals surface area contributed by atoms with Gasteiger partial charge in [-0.15, -0.1) is 0 Å². The van der Waals surface area contributed by atoms with Gasteiger partial charge in [-0.05, 0) is 42.8 Å². The molecule has 17 heavy (non-hydrogen) atoms. The predicted octanol–water partition coefficient (Wildman–Crippen LogP) is 4.03. The molecule has 1 N–H and O–H groups in total. The van der Waals surface area contributed by atoms with Gasteiger partial charge in [0.05, 0.1) is 6.10 Å². The largest absolute Gasteiger partial charge is 0.389 e. The minimum atomic E-state index is -0.455. The topological polar surface area (TPSA) is 20.2 Å². The summed E-state index contributed by atoms with van der Waals surface area (Å²) < 4.78 is 13.0. The van der Waals surface area contributed by atoms with E-state index in [1.54, 1.807) is 13.0 Å². The van der Waals surface area contributed by atoms with Crippen molar-refractivity contribution in [2.45, 2.75) is 22.8 Å². The van der Waals surface area contributed by atoms with Gasteiger partial charge in [-0.3, -0.25) is 0 Å². The van der Waals surface area contributed by atoms with E-state index in [1.807, 2.05) is 30.3 Å². The Morgan fingerprint density at radius 1 is 1.06 bits per heavy atom. The quantitative estimate of drug-likeness (QED) is 0.885. The van der Waals surface area contributed by atoms with E-state index >= 15 is 0 Å². The van der Waals surface area contributed by atoms with Crippen molar-refractivity contribution in [2.24, 2.45) is 0 Å². The molecule has 0 aromatic heterocycles. The second-order valence-electron chi connectivity index (χ2n) is 3.80. The molecule has 2 aromatic rings. The van der Waals surface area contributed by atoms with Gasteiger partial charge in [-0.25, -0.2) is 4.39 Å². The Morgan fingerprint density at radius 3 is 2.35 bits per heavy atom. The maximum Gasteiger partial charge on any atom is 0.124 e. The Labute approximate surface area is 104 Å². The Bertz CT molecular complexity index is 494. The molecule has 0 fully saturated rings. The summed E-state index contributed by atoms with van der Waals surface area (Å²) in [6.45, 7) is 1.73. The molecule has 2 aromatic carbocycles. The summed E-state index contributed by atoms with van der Waals surface area (Å²) in [6, 6.07) is 14.1. The third kappa shape index (κ3) is 3.32. The summed E-state index contributed by atoms with van der Waals surface area (Å²) in [7, 11) is 0. The Hall–Kier alpha value is -1.32. The molecule has 0 aliphatic carbocycles. The Morgan fingerprint density at radius 2 is 1.76 bits per heavy atom. The van der Waals surface area contributed by atoms with Gasteiger partial charge < -0.3 is 5.11 Å². The van der Waals surface area contributed by atoms with Crippen LogP contribution in [0.2, 0.25) is 0 Å². The molecule has 2 rings (SSSR count). The number of hydrogen-bond donors (Lipinski definition) is 1. The molecule has 0 heterocycles. The normalized spacial score (nSPS) is 12.4. The molecule has 0 bridgehead atoms. The van der Waals surface area contributed by atoms with Crippen LogP contribution in [0.4, 0.5) is 4.39 Å². The molecule has 0 unspecified atom stereocenters. The zero-order chi connectivity index (χ0) is 12.3. The standard InChI is InChI=1S/C14H13FOS/c1-10(16)11-5-7-13(8-6-11)17-14-4-2-3-12(15)9-14/h2-10,16H,1H3/t10-/m1/s1. The van der Waals surface area contributed by atoms with Gasteiger partial charge in [0.15, 0.2) is 0 Å². The number of halogens is 1. The van der Waals surface area contributed by atoms with Gasteiger partial charge in [-0.1, -0.05) is 30.0 Å². The number of benzene rings is 2. The number of hydrogen-bond acceptors (Lipinski definition) is 2. The minimum Gasteiger partial charge on any atom is -0.389 e. The third-order valence-corrected chi connectivity index (χ3v) is 3.39. The van der Waals surface area contributed by atoms with Crippen molar-refractivity contribution in [3.63, 3.8) is 0 Å². The van der Waals surface area contributed by atoms with Crippen LogP contribution in [0.25, 0.3) is 0 Å². The number of rotatable bonds is 3. The second kappa shape index (κ2) is 5.34. The van der Waals surface area contributed by atoms with Crippen molar-refractivity contribution in [2.75, 3.05) is 0 Å². The molecular formula is C14H13FOS. The van der Waals surface area contributed by atoms with E-state index in [9.17, 15) is 9.50 Å². The van der Waals surface area contributed by atoms with E-state index in [0.717, 1.165) is 15.4 Å². The Kier molecular flexibility index (Phi) is 3.82. The predicted molar refractivity (Wildman–Crippen MR) is 67.6 cm³/mol. The van der Waals surface area contributed by atoms with Gasteiger partial charge in [-0.2, -0.15) is 0 Å². The zero-order valence-corrected chi connectivity index (χ0v) is 10.2. The smallest absolute Gasteiger partial charge is 0.124 e. The van der Waals surface area contributed by atoms with Crippen molar-refractivity contribution in [1.29, 1.82) is 0 Å². The third-order valence-electron chi connectivity index (χ3n) is 2.39. The SMILES string of the molecule is C[C@@H](O)c1ccc(Sc2cccc(F)c2)cc1. The zero-order valence-electron chi connectivity index (χ0n) is 9.43. The number of aliphatic hydroxyl groups is 1. The van der Waals surface area contributed by atoms with E-state index in [4.69, 9.17) is 0 Å². The highest BCUT2D eigenvalue weighted by molar-refractivity contribution is 7.99. The summed E-state index contributed by atoms with van der Waals surface area (Å²) in [4.78, 5) is 1.90. The van der Waals surface area contributed by atoms with Crippen LogP contribution in [-0.2, 0) is 0 Å². The molecule has 0 aliphatic rings. The van der Waals surface area contributed by atoms with E-state index in [-0.39, 0.29) is 5.82 Å². The molecule has 1 atom stereocenters. The monoisotopic (exact) mass is 248 g/mol. The fourth-order valence-corrected chi connectivity index (χ4v) is 2.34. The summed E-state index contributed by atoms with van der Waals surface area (Å²) in [5.74, 6) is -0.226. The van der Waals surface area contributed by atoms with Gasteiger partial charge in [0.2, 0.25) is 0 Å². The summed E-state index contributed by atoms with van der Waals surface area (Å²) in [5, 5.41) is 9.38. The first-order valence-electron chi connectivity index (χ1n) is 5.36. The highest BCUT2D eigenvalue weighted by Gasteiger charge is 2.02. The van der Waals surface area contributed by atoms with E-state index in [1.165, 1.54) is 23.9 Å². The lowest BCUT2D eigenvalue weighted by Crippen LogP contribution is -1.89. The lowest BCUT2D eigenvalue weighted by molar-refractivity contribution is 0.199. The van der Waals surface area contributed by atoms with Crippen molar-refractivity contribution >= 4 is 11.8 Å². The van der Waals surface area contributed by atoms with Crippen LogP contribution in [0.5, 0.6) is 0 Å². The van der Waals surface area contributed by atoms with Crippen LogP contribution >= 0.6 is 11.8 Å². The van der Waals surface area contributed by atoms with Crippen LogP contribution < -0.4 is 0 Å². The van der Waals surface area contributed by atoms with Crippen LogP contribution in [0, 0.1) is 5.82 Å². The van der Waals surface area contributed by atoms with Crippen LogP contribution in [-0.4, -0.2) is 5.11 Å². The molecule has 0 radical (unpaired) electrons. The second-order valence-corrected chi connectivity index (χ2v) is 4.95. The molecule has 3 heteroatoms. The van der Waals surface area contributed by atoms with Crippen molar-refractivity contribution in [3.05, 3.63) is 59.9 Å². The average molecular weight is 248 g/mol. The lowest BCUT2D eigenvalue weighted by Gasteiger charge is -2.06. The highest BCUT2D eigenvalue weighted by atomic mass is 32.2. The van der Waals surface area contributed by atoms with Gasteiger partial charge in [0, 0.05) is 9.79 Å². The fraction of sp³-hybridized carbons (Fsp3) is 0.143. The first kappa shape index (κ1) is 12.1. The summed E-state index contributed by atoms with van der Waals surface area (Å²) in [5.41, 5.74) is 0.883. The van der Waals surface area contributed by atoms with Crippen LogP contribution in [0.1, 0.15) is 18.6 Å². The minimum absolute atomic E-state index is 0.226. The maximum absolute atomic E-state index is 13.0. The van der Waals surface area contributed by atoms with Crippen molar-refractivity contribution in [3.8, 4) is 0 Å². The average Bonchev–Trinajstić information content (AvgIpc) is 2.29. The van der Waals surface area contributed by atoms with Gasteiger partial charge in [0.1, 0.15) is 5.82 Å². The van der Waals surface area contributed by atoms with Gasteiger partial charge >= 0.3 is 0 Å². The molecule has 0 saturated carbocycles. The molecule has 88 valence electrons. The maximum atomic E-state index is 13.0. The number of aliphatic hydroxyl groups excluding tert-OH is 1. The van der Waals surface area contributed by atoms with Crippen LogP contribution in [0.15, 0.2) is 58.3 Å². The summed E-state index contributed by atoms with van der Waals surface area (Å²) in [6.07, 6.45) is -0.455. The van der Waals surface area contributed by atoms with E-state index in [0.29, 0.717) is 0 Å². The first-order valence-corrected chi connectivity index (χ1v) is 6.18. The Balaban J connectivity index is 2.14. The molecule has 0 spiro atoms. The van der Waals surface area contributed by atoms with Crippen molar-refractivity contribution in [1.82, 2.24) is 0 Å². The van der Waals surface area contributed by atoms with Crippen LogP contribution in [0.3, 0.4) is 0 Å². The molecular weight excluding hydrogens is 235 g/mol. The molecule has 0 amide bonds. The van der Waals surface area contributed by atoms with E-state index in [2.05, 4.69) is 0 Å². The van der Waals surface area contributed by atoms with Crippen molar-refractivity contribution < 1.29 is 9.50 Å². The molecule has 0 saturated heterocycles. The fourth-order valence-electron chi connectivity index (χ4n) is 1.48. The molecule has 0 aliphatic heterocycles. The highest BCUT2D eigenvalue weighted by Crippen LogP contribution is 2.28. The van der Waals surface area contributed by atoms with E-state index < -0.39 is 6.10 Å². The summed E-state index contributed by atoms with van der Waals surface area (Å²) >= 11 is 1.50. The molecule has 1 nitrogen and oxygen atoms in total. The lowest BCUT2D eigenvalue weighted by atomic mass is 10.1. The van der Waals surface area contributed by atoms with Gasteiger partial charge in [0.25, 0.3) is 0 Å².